The molecule has 1 aromatic heterocycles. The van der Waals surface area contributed by atoms with Crippen molar-refractivity contribution in [3.63, 3.8) is 0 Å². The summed E-state index contributed by atoms with van der Waals surface area (Å²) in [6, 6.07) is 11.2. The summed E-state index contributed by atoms with van der Waals surface area (Å²) in [5.74, 6) is 1.51. The number of halogens is 3. The summed E-state index contributed by atoms with van der Waals surface area (Å²) >= 11 is 15.6. The van der Waals surface area contributed by atoms with E-state index in [1.807, 2.05) is 36.4 Å². The van der Waals surface area contributed by atoms with E-state index < -0.39 is 0 Å². The van der Waals surface area contributed by atoms with E-state index in [1.165, 1.54) is 0 Å². The van der Waals surface area contributed by atoms with Gasteiger partial charge in [-0.05, 0) is 48.6 Å². The van der Waals surface area contributed by atoms with Gasteiger partial charge in [0.25, 0.3) is 0 Å². The number of hydrogen-bond donors (Lipinski definition) is 1. The highest BCUT2D eigenvalue weighted by Gasteiger charge is 2.07. The van der Waals surface area contributed by atoms with Crippen LogP contribution < -0.4 is 4.74 Å². The monoisotopic (exact) mass is 422 g/mol. The Morgan fingerprint density at radius 1 is 1.12 bits per heavy atom. The van der Waals surface area contributed by atoms with Crippen LogP contribution in [0.2, 0.25) is 10.0 Å². The molecule has 0 amide bonds. The molecule has 122 valence electrons. The third-order valence-electron chi connectivity index (χ3n) is 3.43. The van der Waals surface area contributed by atoms with Crippen molar-refractivity contribution >= 4 is 51.3 Å². The maximum Gasteiger partial charge on any atom is 0.130 e. The number of nitrogens with zero attached hydrogens (tertiary/aromatic N) is 1. The smallest absolute Gasteiger partial charge is 0.130 e. The molecule has 0 spiro atoms. The van der Waals surface area contributed by atoms with Crippen molar-refractivity contribution in [2.24, 2.45) is 0 Å². The lowest BCUT2D eigenvalue weighted by Gasteiger charge is -2.04. The number of benzene rings is 2. The number of methoxy groups -OCH3 is 1. The zero-order valence-corrected chi connectivity index (χ0v) is 15.8. The SMILES string of the molecule is COc1ccc(Br)cc1C=Cc1ncc(-c2ccc(Cl)cc2Cl)[nH]1. The van der Waals surface area contributed by atoms with Crippen LogP contribution in [0.15, 0.2) is 47.1 Å². The fourth-order valence-corrected chi connectivity index (χ4v) is 3.16. The predicted octanol–water partition coefficient (Wildman–Crippen LogP) is 6.33. The molecule has 1 heterocycles. The predicted molar refractivity (Wildman–Crippen MR) is 104 cm³/mol. The topological polar surface area (TPSA) is 37.9 Å². The van der Waals surface area contributed by atoms with E-state index in [9.17, 15) is 0 Å². The standard InChI is InChI=1S/C18H13BrCl2N2O/c1-24-17-6-3-12(19)8-11(17)2-7-18-22-10-16(23-18)14-5-4-13(20)9-15(14)21/h2-10H,1H3,(H,22,23). The molecule has 3 nitrogen and oxygen atoms in total. The molecule has 0 aliphatic carbocycles. The molecule has 0 radical (unpaired) electrons. The van der Waals surface area contributed by atoms with Gasteiger partial charge in [-0.25, -0.2) is 4.98 Å². The lowest BCUT2D eigenvalue weighted by atomic mass is 10.2. The number of hydrogen-bond acceptors (Lipinski definition) is 2. The third-order valence-corrected chi connectivity index (χ3v) is 4.47. The van der Waals surface area contributed by atoms with E-state index in [0.29, 0.717) is 10.0 Å². The molecule has 2 aromatic carbocycles. The zero-order valence-electron chi connectivity index (χ0n) is 12.7. The van der Waals surface area contributed by atoms with Crippen LogP contribution in [-0.4, -0.2) is 17.1 Å². The summed E-state index contributed by atoms with van der Waals surface area (Å²) in [4.78, 5) is 7.60. The number of imidazole rings is 1. The molecule has 3 aromatic rings. The first-order chi connectivity index (χ1) is 11.6. The number of aromatic nitrogens is 2. The van der Waals surface area contributed by atoms with E-state index in [-0.39, 0.29) is 0 Å². The Kier molecular flexibility index (Phi) is 5.29. The van der Waals surface area contributed by atoms with Crippen molar-refractivity contribution in [3.8, 4) is 17.0 Å². The van der Waals surface area contributed by atoms with Crippen molar-refractivity contribution in [3.05, 3.63) is 68.5 Å². The number of rotatable bonds is 4. The van der Waals surface area contributed by atoms with Gasteiger partial charge in [0.05, 0.1) is 24.0 Å². The highest BCUT2D eigenvalue weighted by Crippen LogP contribution is 2.29. The molecule has 24 heavy (non-hydrogen) atoms. The molecule has 0 bridgehead atoms. The van der Waals surface area contributed by atoms with Gasteiger partial charge < -0.3 is 9.72 Å². The highest BCUT2D eigenvalue weighted by atomic mass is 79.9. The van der Waals surface area contributed by atoms with E-state index in [4.69, 9.17) is 27.9 Å². The molecule has 3 rings (SSSR count). The van der Waals surface area contributed by atoms with E-state index in [1.54, 1.807) is 25.4 Å². The minimum atomic E-state index is 0.579. The summed E-state index contributed by atoms with van der Waals surface area (Å²) in [5, 5.41) is 1.18. The Morgan fingerprint density at radius 2 is 1.96 bits per heavy atom. The summed E-state index contributed by atoms with van der Waals surface area (Å²) in [7, 11) is 1.65. The van der Waals surface area contributed by atoms with Gasteiger partial charge in [-0.3, -0.25) is 0 Å². The normalized spacial score (nSPS) is 11.2. The number of H-pyrrole nitrogens is 1. The van der Waals surface area contributed by atoms with Crippen LogP contribution in [-0.2, 0) is 0 Å². The molecule has 0 unspecified atom stereocenters. The van der Waals surface area contributed by atoms with Crippen molar-refractivity contribution in [1.82, 2.24) is 9.97 Å². The molecule has 0 aliphatic heterocycles. The second-order valence-corrected chi connectivity index (χ2v) is 6.79. The van der Waals surface area contributed by atoms with Gasteiger partial charge in [0, 0.05) is 20.6 Å². The van der Waals surface area contributed by atoms with Gasteiger partial charge in [-0.1, -0.05) is 39.1 Å². The van der Waals surface area contributed by atoms with E-state index >= 15 is 0 Å². The Balaban J connectivity index is 1.88. The average Bonchev–Trinajstić information content (AvgIpc) is 3.01. The first kappa shape index (κ1) is 17.1. The second-order valence-electron chi connectivity index (χ2n) is 5.03. The molecular formula is C18H13BrCl2N2O. The van der Waals surface area contributed by atoms with Crippen LogP contribution in [0, 0.1) is 0 Å². The van der Waals surface area contributed by atoms with Crippen LogP contribution in [0.3, 0.4) is 0 Å². The lowest BCUT2D eigenvalue weighted by Crippen LogP contribution is -1.86. The second kappa shape index (κ2) is 7.43. The quantitative estimate of drug-likeness (QED) is 0.532. The number of aromatic amines is 1. The third kappa shape index (κ3) is 3.83. The molecule has 0 aliphatic rings. The average molecular weight is 424 g/mol. The fraction of sp³-hybridized carbons (Fsp3) is 0.0556. The largest absolute Gasteiger partial charge is 0.496 e. The molecule has 0 atom stereocenters. The van der Waals surface area contributed by atoms with E-state index in [2.05, 4.69) is 25.9 Å². The zero-order chi connectivity index (χ0) is 17.1. The molecule has 0 fully saturated rings. The van der Waals surface area contributed by atoms with Crippen LogP contribution >= 0.6 is 39.1 Å². The molecule has 0 saturated heterocycles. The highest BCUT2D eigenvalue weighted by molar-refractivity contribution is 9.10. The minimum absolute atomic E-state index is 0.579. The summed E-state index contributed by atoms with van der Waals surface area (Å²) in [6.45, 7) is 0. The van der Waals surface area contributed by atoms with Crippen molar-refractivity contribution in [2.75, 3.05) is 7.11 Å². The Hall–Kier alpha value is -1.75. The maximum absolute atomic E-state index is 6.23. The maximum atomic E-state index is 6.23. The number of ether oxygens (including phenoxy) is 1. The van der Waals surface area contributed by atoms with E-state index in [0.717, 1.165) is 32.9 Å². The van der Waals surface area contributed by atoms with Crippen molar-refractivity contribution in [2.45, 2.75) is 0 Å². The van der Waals surface area contributed by atoms with Crippen LogP contribution in [0.25, 0.3) is 23.4 Å². The van der Waals surface area contributed by atoms with Crippen molar-refractivity contribution in [1.29, 1.82) is 0 Å². The minimum Gasteiger partial charge on any atom is -0.496 e. The molecule has 6 heteroatoms. The molecule has 0 saturated carbocycles. The summed E-state index contributed by atoms with van der Waals surface area (Å²) in [6.07, 6.45) is 5.57. The van der Waals surface area contributed by atoms with Gasteiger partial charge in [-0.2, -0.15) is 0 Å². The first-order valence-electron chi connectivity index (χ1n) is 7.09. The van der Waals surface area contributed by atoms with Crippen molar-refractivity contribution < 1.29 is 4.74 Å². The van der Waals surface area contributed by atoms with Gasteiger partial charge in [0.2, 0.25) is 0 Å². The van der Waals surface area contributed by atoms with Crippen LogP contribution in [0.1, 0.15) is 11.4 Å². The van der Waals surface area contributed by atoms with Crippen LogP contribution in [0.4, 0.5) is 0 Å². The van der Waals surface area contributed by atoms with Gasteiger partial charge in [0.1, 0.15) is 11.6 Å². The molecular weight excluding hydrogens is 411 g/mol. The van der Waals surface area contributed by atoms with Gasteiger partial charge in [0.15, 0.2) is 0 Å². The number of nitrogens with one attached hydrogen (secondary N) is 1. The lowest BCUT2D eigenvalue weighted by molar-refractivity contribution is 0.414. The van der Waals surface area contributed by atoms with Gasteiger partial charge in [-0.15, -0.1) is 0 Å². The first-order valence-corrected chi connectivity index (χ1v) is 8.64. The molecule has 1 N–H and O–H groups in total. The fourth-order valence-electron chi connectivity index (χ4n) is 2.27. The Labute approximate surface area is 158 Å². The van der Waals surface area contributed by atoms with Crippen LogP contribution in [0.5, 0.6) is 5.75 Å². The summed E-state index contributed by atoms with van der Waals surface area (Å²) < 4.78 is 6.34. The Bertz CT molecular complexity index is 906. The van der Waals surface area contributed by atoms with Gasteiger partial charge >= 0.3 is 0 Å². The Morgan fingerprint density at radius 3 is 2.71 bits per heavy atom. The summed E-state index contributed by atoms with van der Waals surface area (Å²) in [5.41, 5.74) is 2.64.